The maximum absolute atomic E-state index is 13.3. The Labute approximate surface area is 153 Å². The van der Waals surface area contributed by atoms with Crippen molar-refractivity contribution in [2.45, 2.75) is 26.8 Å². The summed E-state index contributed by atoms with van der Waals surface area (Å²) in [5.41, 5.74) is 1.97. The molecule has 5 nitrogen and oxygen atoms in total. The number of guanidine groups is 1. The van der Waals surface area contributed by atoms with Crippen LogP contribution >= 0.6 is 11.3 Å². The van der Waals surface area contributed by atoms with Gasteiger partial charge in [-0.15, -0.1) is 11.3 Å². The van der Waals surface area contributed by atoms with Crippen molar-refractivity contribution >= 4 is 23.0 Å². The topological polar surface area (TPSA) is 52.6 Å². The number of hydrogen-bond acceptors (Lipinski definition) is 4. The summed E-state index contributed by atoms with van der Waals surface area (Å²) in [5.74, 6) is 0.554. The van der Waals surface area contributed by atoms with Crippen molar-refractivity contribution in [1.29, 1.82) is 0 Å². The van der Waals surface area contributed by atoms with E-state index in [0.717, 1.165) is 41.9 Å². The molecule has 25 heavy (non-hydrogen) atoms. The lowest BCUT2D eigenvalue weighted by atomic mass is 10.2. The van der Waals surface area contributed by atoms with E-state index in [1.807, 2.05) is 24.9 Å². The minimum atomic E-state index is -0.209. The van der Waals surface area contributed by atoms with Crippen LogP contribution in [0.5, 0.6) is 0 Å². The van der Waals surface area contributed by atoms with E-state index in [-0.39, 0.29) is 5.82 Å². The van der Waals surface area contributed by atoms with Gasteiger partial charge in [0, 0.05) is 37.7 Å². The standard InChI is InChI=1S/C18H26FN5S/c1-13-14(2)25-17(23-13)12-22-18(20-3)21-9-6-10-24(4)16-8-5-7-15(19)11-16/h5,7-8,11H,6,9-10,12H2,1-4H3,(H2,20,21,22). The number of aliphatic imine (C=N–C) groups is 1. The number of nitrogens with zero attached hydrogens (tertiary/aromatic N) is 3. The molecule has 0 saturated carbocycles. The van der Waals surface area contributed by atoms with E-state index in [4.69, 9.17) is 0 Å². The Hall–Kier alpha value is -2.15. The highest BCUT2D eigenvalue weighted by Crippen LogP contribution is 2.16. The number of hydrogen-bond donors (Lipinski definition) is 2. The first-order valence-electron chi connectivity index (χ1n) is 8.33. The molecule has 0 fully saturated rings. The van der Waals surface area contributed by atoms with Crippen molar-refractivity contribution < 1.29 is 4.39 Å². The molecule has 0 radical (unpaired) electrons. The quantitative estimate of drug-likeness (QED) is 0.451. The highest BCUT2D eigenvalue weighted by atomic mass is 32.1. The van der Waals surface area contributed by atoms with Gasteiger partial charge in [0.05, 0.1) is 12.2 Å². The van der Waals surface area contributed by atoms with Crippen LogP contribution in [0.15, 0.2) is 29.3 Å². The van der Waals surface area contributed by atoms with Gasteiger partial charge >= 0.3 is 0 Å². The van der Waals surface area contributed by atoms with Crippen LogP contribution in [-0.4, -0.2) is 38.1 Å². The SMILES string of the molecule is CN=C(NCCCN(C)c1cccc(F)c1)NCc1nc(C)c(C)s1. The third-order valence-corrected chi connectivity index (χ3v) is 4.99. The number of rotatable bonds is 7. The smallest absolute Gasteiger partial charge is 0.191 e. The molecule has 0 amide bonds. The van der Waals surface area contributed by atoms with Gasteiger partial charge in [0.1, 0.15) is 10.8 Å². The summed E-state index contributed by atoms with van der Waals surface area (Å²) in [6.45, 7) is 6.39. The monoisotopic (exact) mass is 363 g/mol. The van der Waals surface area contributed by atoms with Gasteiger partial charge in [0.25, 0.3) is 0 Å². The number of aromatic nitrogens is 1. The lowest BCUT2D eigenvalue weighted by molar-refractivity contribution is 0.626. The molecule has 136 valence electrons. The first-order valence-corrected chi connectivity index (χ1v) is 9.15. The fraction of sp³-hybridized carbons (Fsp3) is 0.444. The van der Waals surface area contributed by atoms with Crippen LogP contribution in [-0.2, 0) is 6.54 Å². The summed E-state index contributed by atoms with van der Waals surface area (Å²) in [7, 11) is 3.72. The predicted octanol–water partition coefficient (Wildman–Crippen LogP) is 3.09. The molecule has 0 unspecified atom stereocenters. The maximum atomic E-state index is 13.3. The fourth-order valence-corrected chi connectivity index (χ4v) is 3.23. The first-order chi connectivity index (χ1) is 12.0. The van der Waals surface area contributed by atoms with Crippen LogP contribution in [0, 0.1) is 19.7 Å². The lowest BCUT2D eigenvalue weighted by Crippen LogP contribution is -2.38. The number of halogens is 1. The van der Waals surface area contributed by atoms with Crippen LogP contribution in [0.25, 0.3) is 0 Å². The number of nitrogens with one attached hydrogen (secondary N) is 2. The van der Waals surface area contributed by atoms with Gasteiger partial charge in [0.2, 0.25) is 0 Å². The van der Waals surface area contributed by atoms with E-state index in [9.17, 15) is 4.39 Å². The molecule has 1 aromatic carbocycles. The summed E-state index contributed by atoms with van der Waals surface area (Å²) in [6, 6.07) is 6.65. The molecule has 0 atom stereocenters. The Morgan fingerprint density at radius 1 is 1.32 bits per heavy atom. The van der Waals surface area contributed by atoms with E-state index < -0.39 is 0 Å². The largest absolute Gasteiger partial charge is 0.374 e. The van der Waals surface area contributed by atoms with Gasteiger partial charge in [-0.2, -0.15) is 0 Å². The van der Waals surface area contributed by atoms with Gasteiger partial charge in [-0.3, -0.25) is 4.99 Å². The van der Waals surface area contributed by atoms with Crippen molar-refractivity contribution in [3.63, 3.8) is 0 Å². The van der Waals surface area contributed by atoms with E-state index in [1.54, 1.807) is 30.5 Å². The second kappa shape index (κ2) is 9.36. The maximum Gasteiger partial charge on any atom is 0.191 e. The zero-order valence-electron chi connectivity index (χ0n) is 15.3. The molecule has 1 aromatic heterocycles. The summed E-state index contributed by atoms with van der Waals surface area (Å²) in [4.78, 5) is 12.0. The normalized spacial score (nSPS) is 11.5. The minimum Gasteiger partial charge on any atom is -0.374 e. The fourth-order valence-electron chi connectivity index (χ4n) is 2.36. The molecule has 2 rings (SSSR count). The van der Waals surface area contributed by atoms with Crippen LogP contribution in [0.1, 0.15) is 22.0 Å². The van der Waals surface area contributed by atoms with Crippen LogP contribution in [0.4, 0.5) is 10.1 Å². The van der Waals surface area contributed by atoms with E-state index in [1.165, 1.54) is 10.9 Å². The molecule has 0 aliphatic carbocycles. The summed E-state index contributed by atoms with van der Waals surface area (Å²) >= 11 is 1.70. The molecule has 0 spiro atoms. The molecule has 0 aliphatic rings. The summed E-state index contributed by atoms with van der Waals surface area (Å²) in [5, 5.41) is 7.63. The lowest BCUT2D eigenvalue weighted by Gasteiger charge is -2.19. The van der Waals surface area contributed by atoms with Crippen molar-refractivity contribution in [1.82, 2.24) is 15.6 Å². The van der Waals surface area contributed by atoms with Crippen LogP contribution < -0.4 is 15.5 Å². The Balaban J connectivity index is 1.70. The Morgan fingerprint density at radius 3 is 2.76 bits per heavy atom. The predicted molar refractivity (Wildman–Crippen MR) is 104 cm³/mol. The van der Waals surface area contributed by atoms with Gasteiger partial charge in [0.15, 0.2) is 5.96 Å². The molecule has 7 heteroatoms. The van der Waals surface area contributed by atoms with E-state index in [2.05, 4.69) is 27.5 Å². The number of thiazole rings is 1. The first kappa shape index (κ1) is 19.2. The Morgan fingerprint density at radius 2 is 2.12 bits per heavy atom. The molecular formula is C18H26FN5S. The summed E-state index contributed by atoms with van der Waals surface area (Å²) < 4.78 is 13.3. The van der Waals surface area contributed by atoms with Crippen molar-refractivity contribution in [2.24, 2.45) is 4.99 Å². The zero-order chi connectivity index (χ0) is 18.2. The van der Waals surface area contributed by atoms with Crippen molar-refractivity contribution in [3.8, 4) is 0 Å². The van der Waals surface area contributed by atoms with Gasteiger partial charge in [-0.25, -0.2) is 9.37 Å². The average Bonchev–Trinajstić information content (AvgIpc) is 2.92. The molecule has 0 saturated heterocycles. The number of aryl methyl sites for hydroxylation is 2. The summed E-state index contributed by atoms with van der Waals surface area (Å²) in [6.07, 6.45) is 0.920. The van der Waals surface area contributed by atoms with Gasteiger partial charge < -0.3 is 15.5 Å². The van der Waals surface area contributed by atoms with Gasteiger partial charge in [-0.05, 0) is 38.5 Å². The highest BCUT2D eigenvalue weighted by Gasteiger charge is 2.05. The highest BCUT2D eigenvalue weighted by molar-refractivity contribution is 7.11. The zero-order valence-corrected chi connectivity index (χ0v) is 16.1. The number of benzene rings is 1. The second-order valence-electron chi connectivity index (χ2n) is 5.86. The molecule has 2 N–H and O–H groups in total. The van der Waals surface area contributed by atoms with Gasteiger partial charge in [-0.1, -0.05) is 6.07 Å². The molecule has 0 bridgehead atoms. The third-order valence-electron chi connectivity index (χ3n) is 3.92. The molecule has 1 heterocycles. The van der Waals surface area contributed by atoms with Crippen LogP contribution in [0.2, 0.25) is 0 Å². The van der Waals surface area contributed by atoms with Crippen LogP contribution in [0.3, 0.4) is 0 Å². The van der Waals surface area contributed by atoms with E-state index in [0.29, 0.717) is 6.54 Å². The molecule has 0 aliphatic heterocycles. The Kier molecular flexibility index (Phi) is 7.18. The number of anilines is 1. The third kappa shape index (κ3) is 6.01. The molecule has 2 aromatic rings. The van der Waals surface area contributed by atoms with E-state index >= 15 is 0 Å². The van der Waals surface area contributed by atoms with Crippen molar-refractivity contribution in [2.75, 3.05) is 32.1 Å². The Bertz CT molecular complexity index is 694. The molecular weight excluding hydrogens is 337 g/mol. The van der Waals surface area contributed by atoms with Crippen molar-refractivity contribution in [3.05, 3.63) is 45.7 Å². The average molecular weight is 364 g/mol. The second-order valence-corrected chi connectivity index (χ2v) is 7.14. The minimum absolute atomic E-state index is 0.209.